The van der Waals surface area contributed by atoms with Gasteiger partial charge >= 0.3 is 0 Å². The summed E-state index contributed by atoms with van der Waals surface area (Å²) in [5.74, 6) is -0.816. The van der Waals surface area contributed by atoms with Gasteiger partial charge in [-0.2, -0.15) is 0 Å². The van der Waals surface area contributed by atoms with E-state index in [1.54, 1.807) is 56.3 Å². The average Bonchev–Trinajstić information content (AvgIpc) is 3.12. The van der Waals surface area contributed by atoms with Gasteiger partial charge in [-0.15, -0.1) is 0 Å². The normalized spacial score (nSPS) is 18.1. The molecule has 2 aromatic carbocycles. The summed E-state index contributed by atoms with van der Waals surface area (Å²) >= 11 is 0. The van der Waals surface area contributed by atoms with Crippen molar-refractivity contribution in [3.63, 3.8) is 0 Å². The van der Waals surface area contributed by atoms with Crippen LogP contribution in [-0.4, -0.2) is 81.5 Å². The Morgan fingerprint density at radius 3 is 1.81 bits per heavy atom. The molecule has 0 saturated carbocycles. The number of ether oxygens (including phenoxy) is 5. The van der Waals surface area contributed by atoms with Crippen LogP contribution in [0.15, 0.2) is 42.5 Å². The molecule has 0 fully saturated rings. The Morgan fingerprint density at radius 1 is 0.757 bits per heavy atom. The van der Waals surface area contributed by atoms with Gasteiger partial charge in [-0.3, -0.25) is 19.3 Å². The predicted molar refractivity (Wildman–Crippen MR) is 134 cm³/mol. The van der Waals surface area contributed by atoms with Gasteiger partial charge in [-0.25, -0.2) is 0 Å². The zero-order valence-electron chi connectivity index (χ0n) is 21.1. The lowest BCUT2D eigenvalue weighted by Gasteiger charge is -2.28. The first kappa shape index (κ1) is 26.6. The lowest BCUT2D eigenvalue weighted by molar-refractivity contribution is -0.121. The van der Waals surface area contributed by atoms with Crippen LogP contribution in [0.25, 0.3) is 0 Å². The third-order valence-corrected chi connectivity index (χ3v) is 5.93. The Hall–Kier alpha value is -3.47. The second kappa shape index (κ2) is 12.7. The van der Waals surface area contributed by atoms with Crippen LogP contribution in [0.4, 0.5) is 5.69 Å². The Morgan fingerprint density at radius 2 is 1.27 bits per heavy atom. The average molecular weight is 513 g/mol. The number of imide groups is 1. The molecular weight excluding hydrogens is 480 g/mol. The second-order valence-electron chi connectivity index (χ2n) is 8.90. The van der Waals surface area contributed by atoms with Gasteiger partial charge in [0.05, 0.1) is 50.8 Å². The maximum absolute atomic E-state index is 13.4. The molecule has 4 rings (SSSR count). The van der Waals surface area contributed by atoms with E-state index in [1.807, 2.05) is 0 Å². The van der Waals surface area contributed by atoms with Crippen molar-refractivity contribution in [2.75, 3.05) is 58.2 Å². The number of anilines is 1. The smallest absolute Gasteiger partial charge is 0.262 e. The van der Waals surface area contributed by atoms with Gasteiger partial charge in [-0.05, 0) is 30.2 Å². The minimum absolute atomic E-state index is 0.272. The molecule has 0 aliphatic carbocycles. The molecule has 3 amide bonds. The first-order valence-electron chi connectivity index (χ1n) is 12.4. The molecular formula is C27H32N2O8. The van der Waals surface area contributed by atoms with Crippen molar-refractivity contribution in [1.29, 1.82) is 0 Å². The number of rotatable bonds is 4. The van der Waals surface area contributed by atoms with E-state index in [0.717, 1.165) is 4.90 Å². The SMILES string of the molecule is CC(C)[C@H](C(=O)Nc1ccc2c(c1)OCCOCCOCCOCCO2)N1C(=O)c2ccccc2C1=O. The topological polar surface area (TPSA) is 113 Å². The Kier molecular flexibility index (Phi) is 9.10. The summed E-state index contributed by atoms with van der Waals surface area (Å²) in [7, 11) is 0. The van der Waals surface area contributed by atoms with Crippen molar-refractivity contribution >= 4 is 23.4 Å². The summed E-state index contributed by atoms with van der Waals surface area (Å²) in [4.78, 5) is 40.5. The van der Waals surface area contributed by atoms with Crippen LogP contribution in [-0.2, 0) is 19.0 Å². The number of nitrogens with one attached hydrogen (secondary N) is 1. The number of carbonyl (C=O) groups is 3. The van der Waals surface area contributed by atoms with E-state index in [2.05, 4.69) is 5.32 Å². The van der Waals surface area contributed by atoms with Crippen molar-refractivity contribution in [3.05, 3.63) is 53.6 Å². The van der Waals surface area contributed by atoms with Gasteiger partial charge < -0.3 is 29.0 Å². The molecule has 2 aliphatic rings. The van der Waals surface area contributed by atoms with Gasteiger partial charge in [-0.1, -0.05) is 26.0 Å². The quantitative estimate of drug-likeness (QED) is 0.623. The maximum atomic E-state index is 13.4. The minimum Gasteiger partial charge on any atom is -0.487 e. The molecule has 10 nitrogen and oxygen atoms in total. The summed E-state index contributed by atoms with van der Waals surface area (Å²) in [6, 6.07) is 10.6. The maximum Gasteiger partial charge on any atom is 0.262 e. The third kappa shape index (κ3) is 6.46. The molecule has 1 atom stereocenters. The molecule has 0 bridgehead atoms. The van der Waals surface area contributed by atoms with Crippen LogP contribution < -0.4 is 14.8 Å². The fourth-order valence-corrected chi connectivity index (χ4v) is 4.18. The molecule has 2 aliphatic heterocycles. The lowest BCUT2D eigenvalue weighted by atomic mass is 10.0. The molecule has 0 unspecified atom stereocenters. The zero-order chi connectivity index (χ0) is 26.2. The number of amides is 3. The largest absolute Gasteiger partial charge is 0.487 e. The van der Waals surface area contributed by atoms with Crippen LogP contribution in [0.5, 0.6) is 11.5 Å². The summed E-state index contributed by atoms with van der Waals surface area (Å²) in [5.41, 5.74) is 1.05. The molecule has 2 heterocycles. The molecule has 1 N–H and O–H groups in total. The summed E-state index contributed by atoms with van der Waals surface area (Å²) in [6.45, 7) is 6.77. The van der Waals surface area contributed by atoms with E-state index >= 15 is 0 Å². The van der Waals surface area contributed by atoms with Gasteiger partial charge in [0.25, 0.3) is 11.8 Å². The Labute approximate surface area is 215 Å². The fourth-order valence-electron chi connectivity index (χ4n) is 4.18. The number of carbonyl (C=O) groups excluding carboxylic acids is 3. The van der Waals surface area contributed by atoms with Gasteiger partial charge in [0.15, 0.2) is 11.5 Å². The van der Waals surface area contributed by atoms with Crippen molar-refractivity contribution < 1.29 is 38.1 Å². The van der Waals surface area contributed by atoms with Crippen LogP contribution >= 0.6 is 0 Å². The lowest BCUT2D eigenvalue weighted by Crippen LogP contribution is -2.50. The van der Waals surface area contributed by atoms with Crippen LogP contribution in [0.2, 0.25) is 0 Å². The summed E-state index contributed by atoms with van der Waals surface area (Å²) in [6.07, 6.45) is 0. The van der Waals surface area contributed by atoms with Crippen LogP contribution in [0, 0.1) is 5.92 Å². The summed E-state index contributed by atoms with van der Waals surface area (Å²) < 4.78 is 28.1. The van der Waals surface area contributed by atoms with Gasteiger partial charge in [0, 0.05) is 11.8 Å². The second-order valence-corrected chi connectivity index (χ2v) is 8.90. The van der Waals surface area contributed by atoms with Crippen molar-refractivity contribution in [1.82, 2.24) is 4.90 Å². The highest BCUT2D eigenvalue weighted by Gasteiger charge is 2.43. The molecule has 10 heteroatoms. The molecule has 0 spiro atoms. The first-order chi connectivity index (χ1) is 18.0. The van der Waals surface area contributed by atoms with E-state index in [1.165, 1.54) is 0 Å². The molecule has 37 heavy (non-hydrogen) atoms. The van der Waals surface area contributed by atoms with Crippen molar-refractivity contribution in [2.45, 2.75) is 19.9 Å². The molecule has 0 radical (unpaired) electrons. The van der Waals surface area contributed by atoms with Gasteiger partial charge in [0.2, 0.25) is 5.91 Å². The highest BCUT2D eigenvalue weighted by atomic mass is 16.6. The Bertz CT molecular complexity index is 1080. The highest BCUT2D eigenvalue weighted by molar-refractivity contribution is 6.23. The monoisotopic (exact) mass is 512 g/mol. The van der Waals surface area contributed by atoms with Crippen LogP contribution in [0.3, 0.4) is 0 Å². The number of nitrogens with zero attached hydrogens (tertiary/aromatic N) is 1. The standard InChI is InChI=1S/C27H32N2O8/c1-18(2)24(29-26(31)20-5-3-4-6-21(20)27(29)32)25(30)28-19-7-8-22-23(17-19)37-16-14-35-12-10-33-9-11-34-13-15-36-22/h3-8,17-18,24H,9-16H2,1-2H3,(H,28,30)/t24-/m1/s1. The third-order valence-electron chi connectivity index (χ3n) is 5.93. The van der Waals surface area contributed by atoms with E-state index in [-0.39, 0.29) is 12.5 Å². The van der Waals surface area contributed by atoms with Crippen molar-refractivity contribution in [3.8, 4) is 11.5 Å². The number of hydrogen-bond acceptors (Lipinski definition) is 8. The molecule has 198 valence electrons. The first-order valence-corrected chi connectivity index (χ1v) is 12.4. The zero-order valence-corrected chi connectivity index (χ0v) is 21.1. The number of benzene rings is 2. The van der Waals surface area contributed by atoms with E-state index in [0.29, 0.717) is 74.6 Å². The van der Waals surface area contributed by atoms with E-state index in [4.69, 9.17) is 23.7 Å². The molecule has 2 aromatic rings. The summed E-state index contributed by atoms with van der Waals surface area (Å²) in [5, 5.41) is 2.84. The van der Waals surface area contributed by atoms with Crippen LogP contribution in [0.1, 0.15) is 34.6 Å². The van der Waals surface area contributed by atoms with Gasteiger partial charge in [0.1, 0.15) is 19.3 Å². The van der Waals surface area contributed by atoms with Crippen molar-refractivity contribution in [2.24, 2.45) is 5.92 Å². The fraction of sp³-hybridized carbons (Fsp3) is 0.444. The highest BCUT2D eigenvalue weighted by Crippen LogP contribution is 2.32. The molecule has 0 saturated heterocycles. The van der Waals surface area contributed by atoms with E-state index < -0.39 is 23.8 Å². The number of hydrogen-bond donors (Lipinski definition) is 1. The number of fused-ring (bicyclic) bond motifs is 2. The minimum atomic E-state index is -0.991. The molecule has 0 aromatic heterocycles. The predicted octanol–water partition coefficient (Wildman–Crippen LogP) is 2.77. The Balaban J connectivity index is 1.49. The van der Waals surface area contributed by atoms with E-state index in [9.17, 15) is 14.4 Å².